The van der Waals surface area contributed by atoms with Crippen LogP contribution in [0.15, 0.2) is 42.7 Å². The van der Waals surface area contributed by atoms with Crippen LogP contribution in [0.4, 0.5) is 5.82 Å². The first-order valence-electron chi connectivity index (χ1n) is 8.42. The number of amides is 1. The molecule has 1 aromatic carbocycles. The smallest absolute Gasteiger partial charge is 0.229 e. The first-order valence-corrected chi connectivity index (χ1v) is 8.42. The number of hydrogen-bond donors (Lipinski definition) is 1. The number of nitrogens with one attached hydrogen (secondary N) is 1. The minimum Gasteiger partial charge on any atom is -0.494 e. The second-order valence-electron chi connectivity index (χ2n) is 5.90. The van der Waals surface area contributed by atoms with E-state index in [1.807, 2.05) is 51.1 Å². The van der Waals surface area contributed by atoms with E-state index in [9.17, 15) is 4.79 Å². The molecule has 2 heterocycles. The van der Waals surface area contributed by atoms with Crippen molar-refractivity contribution < 1.29 is 9.53 Å². The minimum atomic E-state index is -0.146. The molecule has 3 aromatic rings. The average Bonchev–Trinajstić information content (AvgIpc) is 2.95. The highest BCUT2D eigenvalue weighted by Gasteiger charge is 2.09. The van der Waals surface area contributed by atoms with Crippen molar-refractivity contribution in [2.45, 2.75) is 27.2 Å². The molecule has 7 heteroatoms. The number of rotatable bonds is 6. The van der Waals surface area contributed by atoms with Crippen LogP contribution in [0.2, 0.25) is 0 Å². The molecule has 0 saturated carbocycles. The van der Waals surface area contributed by atoms with Crippen molar-refractivity contribution in [3.05, 3.63) is 59.7 Å². The molecule has 7 nitrogen and oxygen atoms in total. The number of aromatic nitrogens is 4. The Hall–Kier alpha value is -3.22. The predicted molar refractivity (Wildman–Crippen MR) is 98.6 cm³/mol. The van der Waals surface area contributed by atoms with Gasteiger partial charge in [-0.2, -0.15) is 5.10 Å². The number of ether oxygens (including phenoxy) is 1. The summed E-state index contributed by atoms with van der Waals surface area (Å²) in [5.41, 5.74) is 2.77. The summed E-state index contributed by atoms with van der Waals surface area (Å²) in [5.74, 6) is 1.70. The maximum absolute atomic E-state index is 12.3. The predicted octanol–water partition coefficient (Wildman–Crippen LogP) is 2.86. The van der Waals surface area contributed by atoms with Crippen molar-refractivity contribution in [2.75, 3.05) is 11.9 Å². The second kappa shape index (κ2) is 7.77. The highest BCUT2D eigenvalue weighted by atomic mass is 16.5. The van der Waals surface area contributed by atoms with E-state index in [4.69, 9.17) is 4.74 Å². The minimum absolute atomic E-state index is 0.146. The Balaban J connectivity index is 1.67. The summed E-state index contributed by atoms with van der Waals surface area (Å²) < 4.78 is 7.12. The van der Waals surface area contributed by atoms with Crippen molar-refractivity contribution in [3.8, 4) is 11.6 Å². The molecule has 0 saturated heterocycles. The molecule has 0 fully saturated rings. The van der Waals surface area contributed by atoms with Gasteiger partial charge in [-0.15, -0.1) is 0 Å². The number of aryl methyl sites for hydroxylation is 2. The molecule has 0 unspecified atom stereocenters. The summed E-state index contributed by atoms with van der Waals surface area (Å²) in [6.45, 7) is 6.42. The summed E-state index contributed by atoms with van der Waals surface area (Å²) >= 11 is 0. The standard InChI is InChI=1S/C19H21N5O2/c1-4-26-16-7-5-15(6-8-16)10-19(25)22-17-11-18(21-12-20-17)24-14(3)9-13(2)23-24/h5-9,11-12H,4,10H2,1-3H3,(H,20,21,22,25). The molecule has 1 amide bonds. The SMILES string of the molecule is CCOc1ccc(CC(=O)Nc2cc(-n3nc(C)cc3C)ncn2)cc1. The lowest BCUT2D eigenvalue weighted by Gasteiger charge is -2.08. The molecular formula is C19H21N5O2. The number of nitrogens with zero attached hydrogens (tertiary/aromatic N) is 4. The maximum atomic E-state index is 12.3. The van der Waals surface area contributed by atoms with E-state index in [1.165, 1.54) is 6.33 Å². The molecule has 3 rings (SSSR count). The zero-order chi connectivity index (χ0) is 18.5. The molecule has 26 heavy (non-hydrogen) atoms. The van der Waals surface area contributed by atoms with E-state index >= 15 is 0 Å². The van der Waals surface area contributed by atoms with Gasteiger partial charge in [-0.3, -0.25) is 4.79 Å². The molecule has 0 aliphatic carbocycles. The molecule has 0 atom stereocenters. The first kappa shape index (κ1) is 17.6. The largest absolute Gasteiger partial charge is 0.494 e. The van der Waals surface area contributed by atoms with Gasteiger partial charge in [0.2, 0.25) is 5.91 Å². The Morgan fingerprint density at radius 3 is 2.58 bits per heavy atom. The molecule has 0 aliphatic rings. The Morgan fingerprint density at radius 1 is 1.15 bits per heavy atom. The third-order valence-corrected chi connectivity index (χ3v) is 3.75. The van der Waals surface area contributed by atoms with Gasteiger partial charge in [-0.05, 0) is 44.5 Å². The molecule has 0 bridgehead atoms. The van der Waals surface area contributed by atoms with Crippen LogP contribution >= 0.6 is 0 Å². The molecule has 134 valence electrons. The monoisotopic (exact) mass is 351 g/mol. The van der Waals surface area contributed by atoms with Crippen LogP contribution in [-0.4, -0.2) is 32.3 Å². The molecule has 0 radical (unpaired) electrons. The molecule has 1 N–H and O–H groups in total. The average molecular weight is 351 g/mol. The van der Waals surface area contributed by atoms with E-state index < -0.39 is 0 Å². The fraction of sp³-hybridized carbons (Fsp3) is 0.263. The van der Waals surface area contributed by atoms with Crippen molar-refractivity contribution in [2.24, 2.45) is 0 Å². The van der Waals surface area contributed by atoms with Crippen LogP contribution in [-0.2, 0) is 11.2 Å². The Kier molecular flexibility index (Phi) is 5.26. The number of anilines is 1. The normalized spacial score (nSPS) is 10.6. The third-order valence-electron chi connectivity index (χ3n) is 3.75. The summed E-state index contributed by atoms with van der Waals surface area (Å²) in [6.07, 6.45) is 1.67. The zero-order valence-electron chi connectivity index (χ0n) is 15.1. The van der Waals surface area contributed by atoms with Gasteiger partial charge in [0.05, 0.1) is 18.7 Å². The Labute approximate surface area is 152 Å². The molecule has 0 spiro atoms. The first-order chi connectivity index (χ1) is 12.5. The summed E-state index contributed by atoms with van der Waals surface area (Å²) in [4.78, 5) is 20.6. The zero-order valence-corrected chi connectivity index (χ0v) is 15.1. The van der Waals surface area contributed by atoms with Gasteiger partial charge >= 0.3 is 0 Å². The topological polar surface area (TPSA) is 81.9 Å². The number of carbonyl (C=O) groups is 1. The van der Waals surface area contributed by atoms with E-state index in [1.54, 1.807) is 10.7 Å². The van der Waals surface area contributed by atoms with Gasteiger partial charge < -0.3 is 10.1 Å². The van der Waals surface area contributed by atoms with Gasteiger partial charge in [-0.25, -0.2) is 14.6 Å². The van der Waals surface area contributed by atoms with Crippen LogP contribution in [0, 0.1) is 13.8 Å². The number of hydrogen-bond acceptors (Lipinski definition) is 5. The van der Waals surface area contributed by atoms with Gasteiger partial charge in [0.1, 0.15) is 17.9 Å². The summed E-state index contributed by atoms with van der Waals surface area (Å²) in [7, 11) is 0. The number of carbonyl (C=O) groups excluding carboxylic acids is 1. The fourth-order valence-electron chi connectivity index (χ4n) is 2.63. The fourth-order valence-corrected chi connectivity index (χ4v) is 2.63. The van der Waals surface area contributed by atoms with Gasteiger partial charge in [0.15, 0.2) is 5.82 Å². The Morgan fingerprint density at radius 2 is 1.92 bits per heavy atom. The van der Waals surface area contributed by atoms with Gasteiger partial charge in [-0.1, -0.05) is 12.1 Å². The van der Waals surface area contributed by atoms with Crippen molar-refractivity contribution in [3.63, 3.8) is 0 Å². The lowest BCUT2D eigenvalue weighted by molar-refractivity contribution is -0.115. The maximum Gasteiger partial charge on any atom is 0.229 e. The van der Waals surface area contributed by atoms with Crippen LogP contribution in [0.3, 0.4) is 0 Å². The second-order valence-corrected chi connectivity index (χ2v) is 5.90. The highest BCUT2D eigenvalue weighted by molar-refractivity contribution is 5.91. The highest BCUT2D eigenvalue weighted by Crippen LogP contribution is 2.14. The Bertz CT molecular complexity index is 903. The van der Waals surface area contributed by atoms with Gasteiger partial charge in [0, 0.05) is 11.8 Å². The van der Waals surface area contributed by atoms with Crippen LogP contribution < -0.4 is 10.1 Å². The van der Waals surface area contributed by atoms with Crippen molar-refractivity contribution >= 4 is 11.7 Å². The lowest BCUT2D eigenvalue weighted by Crippen LogP contribution is -2.16. The van der Waals surface area contributed by atoms with E-state index in [0.29, 0.717) is 18.2 Å². The summed E-state index contributed by atoms with van der Waals surface area (Å²) in [6, 6.07) is 11.1. The van der Waals surface area contributed by atoms with Crippen molar-refractivity contribution in [1.82, 2.24) is 19.7 Å². The van der Waals surface area contributed by atoms with Gasteiger partial charge in [0.25, 0.3) is 0 Å². The molecule has 2 aromatic heterocycles. The van der Waals surface area contributed by atoms with Crippen LogP contribution in [0.5, 0.6) is 5.75 Å². The molecule has 0 aliphatic heterocycles. The van der Waals surface area contributed by atoms with Crippen molar-refractivity contribution in [1.29, 1.82) is 0 Å². The molecular weight excluding hydrogens is 330 g/mol. The summed E-state index contributed by atoms with van der Waals surface area (Å²) in [5, 5.41) is 7.20. The van der Waals surface area contributed by atoms with E-state index in [-0.39, 0.29) is 12.3 Å². The van der Waals surface area contributed by atoms with Crippen LogP contribution in [0.1, 0.15) is 23.9 Å². The quantitative estimate of drug-likeness (QED) is 0.738. The number of benzene rings is 1. The third kappa shape index (κ3) is 4.24. The van der Waals surface area contributed by atoms with Crippen LogP contribution in [0.25, 0.3) is 5.82 Å². The lowest BCUT2D eigenvalue weighted by atomic mass is 10.1. The van der Waals surface area contributed by atoms with E-state index in [0.717, 1.165) is 22.7 Å². The van der Waals surface area contributed by atoms with E-state index in [2.05, 4.69) is 20.4 Å².